The number of nitrogens with one attached hydrogen (secondary N) is 1. The van der Waals surface area contributed by atoms with E-state index in [0.29, 0.717) is 11.5 Å². The van der Waals surface area contributed by atoms with E-state index in [1.54, 1.807) is 7.11 Å². The van der Waals surface area contributed by atoms with E-state index in [4.69, 9.17) is 4.74 Å². The van der Waals surface area contributed by atoms with Gasteiger partial charge >= 0.3 is 0 Å². The summed E-state index contributed by atoms with van der Waals surface area (Å²) in [5.41, 5.74) is 0.591. The quantitative estimate of drug-likeness (QED) is 0.609. The van der Waals surface area contributed by atoms with Gasteiger partial charge in [-0.3, -0.25) is 0 Å². The summed E-state index contributed by atoms with van der Waals surface area (Å²) in [5, 5.41) is 3.46. The van der Waals surface area contributed by atoms with Gasteiger partial charge in [-0.2, -0.15) is 0 Å². The zero-order valence-corrected chi connectivity index (χ0v) is 7.81. The van der Waals surface area contributed by atoms with Crippen LogP contribution in [0.15, 0.2) is 0 Å². The van der Waals surface area contributed by atoms with Crippen LogP contribution in [0, 0.1) is 5.41 Å². The zero-order chi connectivity index (χ0) is 8.32. The fourth-order valence-corrected chi connectivity index (χ4v) is 1.25. The first-order valence-corrected chi connectivity index (χ1v) is 4.41. The summed E-state index contributed by atoms with van der Waals surface area (Å²) >= 11 is 0. The number of methoxy groups -OCH3 is 1. The van der Waals surface area contributed by atoms with Crippen molar-refractivity contribution in [2.24, 2.45) is 5.41 Å². The van der Waals surface area contributed by atoms with Crippen LogP contribution in [-0.4, -0.2) is 26.3 Å². The Labute approximate surface area is 69.3 Å². The third-order valence-corrected chi connectivity index (χ3v) is 2.84. The van der Waals surface area contributed by atoms with Crippen molar-refractivity contribution in [1.82, 2.24) is 5.32 Å². The second kappa shape index (κ2) is 3.55. The van der Waals surface area contributed by atoms with Crippen molar-refractivity contribution in [2.75, 3.05) is 20.3 Å². The smallest absolute Gasteiger partial charge is 0.0587 e. The van der Waals surface area contributed by atoms with E-state index in [2.05, 4.69) is 19.2 Å². The summed E-state index contributed by atoms with van der Waals surface area (Å²) in [6.07, 6.45) is 2.77. The Kier molecular flexibility index (Phi) is 2.90. The van der Waals surface area contributed by atoms with E-state index in [1.165, 1.54) is 12.8 Å². The normalized spacial score (nSPS) is 23.2. The molecule has 1 N–H and O–H groups in total. The minimum Gasteiger partial charge on any atom is -0.383 e. The van der Waals surface area contributed by atoms with Crippen molar-refractivity contribution in [1.29, 1.82) is 0 Å². The summed E-state index contributed by atoms with van der Waals surface area (Å²) in [6, 6.07) is 0.651. The first-order valence-electron chi connectivity index (χ1n) is 4.41. The lowest BCUT2D eigenvalue weighted by Crippen LogP contribution is -2.35. The Hall–Kier alpha value is -0.0800. The van der Waals surface area contributed by atoms with Crippen LogP contribution in [0.5, 0.6) is 0 Å². The average molecular weight is 157 g/mol. The van der Waals surface area contributed by atoms with E-state index in [-0.39, 0.29) is 0 Å². The molecule has 66 valence electrons. The highest BCUT2D eigenvalue weighted by molar-refractivity contribution is 4.96. The lowest BCUT2D eigenvalue weighted by Gasteiger charge is -2.19. The molecule has 0 aromatic carbocycles. The van der Waals surface area contributed by atoms with Gasteiger partial charge in [0.1, 0.15) is 0 Å². The largest absolute Gasteiger partial charge is 0.383 e. The minimum absolute atomic E-state index is 0.591. The van der Waals surface area contributed by atoms with Gasteiger partial charge in [0, 0.05) is 19.7 Å². The maximum atomic E-state index is 4.96. The van der Waals surface area contributed by atoms with Crippen LogP contribution in [0.3, 0.4) is 0 Å². The van der Waals surface area contributed by atoms with Crippen LogP contribution in [0.4, 0.5) is 0 Å². The Morgan fingerprint density at radius 2 is 2.18 bits per heavy atom. The van der Waals surface area contributed by atoms with Crippen LogP contribution in [-0.2, 0) is 4.74 Å². The van der Waals surface area contributed by atoms with E-state index in [1.807, 2.05) is 0 Å². The Morgan fingerprint density at radius 1 is 1.55 bits per heavy atom. The molecule has 11 heavy (non-hydrogen) atoms. The van der Waals surface area contributed by atoms with Crippen LogP contribution < -0.4 is 5.32 Å². The molecule has 1 aliphatic carbocycles. The highest BCUT2D eigenvalue weighted by atomic mass is 16.5. The van der Waals surface area contributed by atoms with Gasteiger partial charge in [-0.25, -0.2) is 0 Å². The molecule has 0 aromatic heterocycles. The second-order valence-corrected chi connectivity index (χ2v) is 3.82. The third-order valence-electron chi connectivity index (χ3n) is 2.84. The molecule has 0 spiro atoms. The molecule has 0 amide bonds. The second-order valence-electron chi connectivity index (χ2n) is 3.82. The standard InChI is InChI=1S/C9H19NO/c1-8(9(2)4-5-9)10-6-7-11-3/h8,10H,4-7H2,1-3H3. The predicted octanol–water partition coefficient (Wildman–Crippen LogP) is 1.41. The van der Waals surface area contributed by atoms with Crippen LogP contribution in [0.2, 0.25) is 0 Å². The molecule has 2 nitrogen and oxygen atoms in total. The van der Waals surface area contributed by atoms with Gasteiger partial charge in [0.15, 0.2) is 0 Å². The maximum Gasteiger partial charge on any atom is 0.0587 e. The lowest BCUT2D eigenvalue weighted by molar-refractivity contribution is 0.191. The summed E-state index contributed by atoms with van der Waals surface area (Å²) in [4.78, 5) is 0. The molecule has 0 saturated heterocycles. The molecule has 1 rings (SSSR count). The van der Waals surface area contributed by atoms with E-state index < -0.39 is 0 Å². The van der Waals surface area contributed by atoms with Crippen molar-refractivity contribution in [3.63, 3.8) is 0 Å². The number of ether oxygens (including phenoxy) is 1. The molecule has 0 aromatic rings. The zero-order valence-electron chi connectivity index (χ0n) is 7.81. The number of hydrogen-bond acceptors (Lipinski definition) is 2. The Balaban J connectivity index is 2.06. The van der Waals surface area contributed by atoms with Gasteiger partial charge in [0.2, 0.25) is 0 Å². The summed E-state index contributed by atoms with van der Waals surface area (Å²) in [5.74, 6) is 0. The third kappa shape index (κ3) is 2.46. The fraction of sp³-hybridized carbons (Fsp3) is 1.00. The average Bonchev–Trinajstić information content (AvgIpc) is 2.70. The monoisotopic (exact) mass is 157 g/mol. The van der Waals surface area contributed by atoms with Crippen molar-refractivity contribution >= 4 is 0 Å². The fourth-order valence-electron chi connectivity index (χ4n) is 1.25. The molecule has 1 atom stereocenters. The Bertz CT molecular complexity index is 121. The molecule has 0 bridgehead atoms. The van der Waals surface area contributed by atoms with Crippen LogP contribution in [0.25, 0.3) is 0 Å². The summed E-state index contributed by atoms with van der Waals surface area (Å²) in [7, 11) is 1.74. The number of hydrogen-bond donors (Lipinski definition) is 1. The van der Waals surface area contributed by atoms with E-state index in [9.17, 15) is 0 Å². The van der Waals surface area contributed by atoms with Crippen molar-refractivity contribution in [2.45, 2.75) is 32.7 Å². The van der Waals surface area contributed by atoms with Gasteiger partial charge in [0.25, 0.3) is 0 Å². The first-order chi connectivity index (χ1) is 5.19. The van der Waals surface area contributed by atoms with Crippen molar-refractivity contribution in [3.8, 4) is 0 Å². The van der Waals surface area contributed by atoms with E-state index >= 15 is 0 Å². The molecule has 1 fully saturated rings. The van der Waals surface area contributed by atoms with Gasteiger partial charge < -0.3 is 10.1 Å². The maximum absolute atomic E-state index is 4.96. The molecular weight excluding hydrogens is 138 g/mol. The summed E-state index contributed by atoms with van der Waals surface area (Å²) < 4.78 is 4.96. The van der Waals surface area contributed by atoms with Crippen LogP contribution >= 0.6 is 0 Å². The van der Waals surface area contributed by atoms with Gasteiger partial charge in [-0.15, -0.1) is 0 Å². The Morgan fingerprint density at radius 3 is 2.64 bits per heavy atom. The lowest BCUT2D eigenvalue weighted by atomic mass is 10.0. The van der Waals surface area contributed by atoms with Gasteiger partial charge in [-0.1, -0.05) is 6.92 Å². The number of rotatable bonds is 5. The van der Waals surface area contributed by atoms with Gasteiger partial charge in [0.05, 0.1) is 6.61 Å². The molecule has 1 aliphatic rings. The molecule has 0 aliphatic heterocycles. The predicted molar refractivity (Wildman–Crippen MR) is 46.7 cm³/mol. The molecule has 1 saturated carbocycles. The molecule has 1 unspecified atom stereocenters. The van der Waals surface area contributed by atoms with E-state index in [0.717, 1.165) is 13.2 Å². The van der Waals surface area contributed by atoms with Gasteiger partial charge in [-0.05, 0) is 25.2 Å². The molecule has 0 heterocycles. The first kappa shape index (κ1) is 9.01. The SMILES string of the molecule is COCCNC(C)C1(C)CC1. The van der Waals surface area contributed by atoms with Crippen LogP contribution in [0.1, 0.15) is 26.7 Å². The molecule has 2 heteroatoms. The minimum atomic E-state index is 0.591. The molecular formula is C9H19NO. The topological polar surface area (TPSA) is 21.3 Å². The van der Waals surface area contributed by atoms with Crippen molar-refractivity contribution in [3.05, 3.63) is 0 Å². The highest BCUT2D eigenvalue weighted by Crippen LogP contribution is 2.47. The molecule has 0 radical (unpaired) electrons. The van der Waals surface area contributed by atoms with Crippen molar-refractivity contribution < 1.29 is 4.74 Å². The highest BCUT2D eigenvalue weighted by Gasteiger charge is 2.41. The summed E-state index contributed by atoms with van der Waals surface area (Å²) in [6.45, 7) is 6.41.